The lowest BCUT2D eigenvalue weighted by molar-refractivity contribution is -0.0885. The fourth-order valence-electron chi connectivity index (χ4n) is 1.02. The van der Waals surface area contributed by atoms with Crippen molar-refractivity contribution < 1.29 is 18.0 Å². The third kappa shape index (κ3) is 1.84. The maximum Gasteiger partial charge on any atom is 0.455 e. The van der Waals surface area contributed by atoms with Gasteiger partial charge in [0.2, 0.25) is 0 Å². The van der Waals surface area contributed by atoms with E-state index in [9.17, 15) is 18.0 Å². The fourth-order valence-corrected chi connectivity index (χ4v) is 1.02. The summed E-state index contributed by atoms with van der Waals surface area (Å²) in [6.07, 6.45) is -3.67. The van der Waals surface area contributed by atoms with E-state index in [1.165, 1.54) is 19.2 Å². The van der Waals surface area contributed by atoms with Gasteiger partial charge in [-0.2, -0.15) is 13.2 Å². The van der Waals surface area contributed by atoms with Crippen LogP contribution in [0.15, 0.2) is 12.3 Å². The molecule has 14 heavy (non-hydrogen) atoms. The first-order valence-corrected chi connectivity index (χ1v) is 3.66. The molecule has 76 valence electrons. The van der Waals surface area contributed by atoms with E-state index in [1.807, 2.05) is 0 Å². The molecular formula is C8H7F3N2O. The van der Waals surface area contributed by atoms with Gasteiger partial charge < -0.3 is 5.73 Å². The standard InChI is InChI=1S/C8H7F3N2O/c1-4-2-3-13-7(12)5(4)6(14)8(9,10)11/h2-3H,1H3,(H2,12,13). The van der Waals surface area contributed by atoms with Crippen LogP contribution >= 0.6 is 0 Å². The molecule has 0 saturated heterocycles. The predicted octanol–water partition coefficient (Wildman–Crippen LogP) is 1.72. The lowest BCUT2D eigenvalue weighted by Gasteiger charge is -2.09. The van der Waals surface area contributed by atoms with E-state index in [2.05, 4.69) is 4.98 Å². The number of hydrogen-bond acceptors (Lipinski definition) is 3. The monoisotopic (exact) mass is 204 g/mol. The third-order valence-electron chi connectivity index (χ3n) is 1.67. The summed E-state index contributed by atoms with van der Waals surface area (Å²) >= 11 is 0. The smallest absolute Gasteiger partial charge is 0.383 e. The zero-order valence-corrected chi connectivity index (χ0v) is 7.22. The Bertz CT molecular complexity index is 353. The Morgan fingerprint density at radius 2 is 2.07 bits per heavy atom. The van der Waals surface area contributed by atoms with Crippen LogP contribution in [0.1, 0.15) is 15.9 Å². The van der Waals surface area contributed by atoms with Crippen molar-refractivity contribution in [3.63, 3.8) is 0 Å². The predicted molar refractivity (Wildman–Crippen MR) is 43.8 cm³/mol. The first kappa shape index (κ1) is 10.5. The number of nitrogens with zero attached hydrogens (tertiary/aromatic N) is 1. The highest BCUT2D eigenvalue weighted by atomic mass is 19.4. The van der Waals surface area contributed by atoms with Gasteiger partial charge in [0.25, 0.3) is 5.78 Å². The van der Waals surface area contributed by atoms with E-state index < -0.39 is 23.3 Å². The van der Waals surface area contributed by atoms with E-state index in [0.717, 1.165) is 0 Å². The van der Waals surface area contributed by atoms with E-state index in [1.54, 1.807) is 0 Å². The summed E-state index contributed by atoms with van der Waals surface area (Å²) in [6, 6.07) is 1.30. The number of halogens is 3. The van der Waals surface area contributed by atoms with Gasteiger partial charge in [-0.3, -0.25) is 4.79 Å². The molecule has 0 atom stereocenters. The molecule has 6 heteroatoms. The molecule has 2 N–H and O–H groups in total. The number of hydrogen-bond donors (Lipinski definition) is 1. The minimum atomic E-state index is -4.91. The summed E-state index contributed by atoms with van der Waals surface area (Å²) in [5.74, 6) is -2.35. The van der Waals surface area contributed by atoms with Crippen LogP contribution in [0, 0.1) is 6.92 Å². The van der Waals surface area contributed by atoms with Crippen LogP contribution in [0.2, 0.25) is 0 Å². The SMILES string of the molecule is Cc1ccnc(N)c1C(=O)C(F)(F)F. The van der Waals surface area contributed by atoms with Crippen molar-refractivity contribution in [2.24, 2.45) is 0 Å². The van der Waals surface area contributed by atoms with Crippen LogP contribution in [-0.4, -0.2) is 16.9 Å². The highest BCUT2D eigenvalue weighted by Crippen LogP contribution is 2.25. The number of carbonyl (C=O) groups excluding carboxylic acids is 1. The number of aromatic nitrogens is 1. The molecular weight excluding hydrogens is 197 g/mol. The molecule has 0 aromatic carbocycles. The van der Waals surface area contributed by atoms with Gasteiger partial charge in [-0.15, -0.1) is 0 Å². The van der Waals surface area contributed by atoms with Crippen molar-refractivity contribution in [2.45, 2.75) is 13.1 Å². The van der Waals surface area contributed by atoms with Crippen LogP contribution in [0.4, 0.5) is 19.0 Å². The molecule has 1 aromatic rings. The topological polar surface area (TPSA) is 56.0 Å². The van der Waals surface area contributed by atoms with Gasteiger partial charge in [0.1, 0.15) is 5.82 Å². The number of carbonyl (C=O) groups is 1. The first-order valence-electron chi connectivity index (χ1n) is 3.66. The number of aryl methyl sites for hydroxylation is 1. The largest absolute Gasteiger partial charge is 0.455 e. The Hall–Kier alpha value is -1.59. The Balaban J connectivity index is 3.26. The molecule has 0 aliphatic carbocycles. The summed E-state index contributed by atoms with van der Waals surface area (Å²) in [4.78, 5) is 14.3. The van der Waals surface area contributed by atoms with E-state index in [0.29, 0.717) is 0 Å². The number of nitrogens with two attached hydrogens (primary N) is 1. The van der Waals surface area contributed by atoms with Gasteiger partial charge in [0.15, 0.2) is 0 Å². The molecule has 0 spiro atoms. The molecule has 0 bridgehead atoms. The van der Waals surface area contributed by atoms with Crippen molar-refractivity contribution in [1.29, 1.82) is 0 Å². The molecule has 0 amide bonds. The fraction of sp³-hybridized carbons (Fsp3) is 0.250. The Morgan fingerprint density at radius 1 is 1.50 bits per heavy atom. The lowest BCUT2D eigenvalue weighted by atomic mass is 10.1. The van der Waals surface area contributed by atoms with Gasteiger partial charge in [-0.05, 0) is 18.6 Å². The molecule has 0 fully saturated rings. The highest BCUT2D eigenvalue weighted by molar-refractivity contribution is 6.04. The molecule has 3 nitrogen and oxygen atoms in total. The molecule has 1 heterocycles. The minimum Gasteiger partial charge on any atom is -0.383 e. The van der Waals surface area contributed by atoms with Gasteiger partial charge in [0.05, 0.1) is 5.56 Å². The summed E-state index contributed by atoms with van der Waals surface area (Å²) in [5, 5.41) is 0. The van der Waals surface area contributed by atoms with Gasteiger partial charge in [-0.25, -0.2) is 4.98 Å². The van der Waals surface area contributed by atoms with E-state index >= 15 is 0 Å². The molecule has 0 unspecified atom stereocenters. The number of ketones is 1. The Morgan fingerprint density at radius 3 is 2.50 bits per heavy atom. The van der Waals surface area contributed by atoms with Crippen molar-refractivity contribution in [2.75, 3.05) is 5.73 Å². The van der Waals surface area contributed by atoms with Crippen LogP contribution < -0.4 is 5.73 Å². The third-order valence-corrected chi connectivity index (χ3v) is 1.67. The van der Waals surface area contributed by atoms with Crippen LogP contribution in [0.5, 0.6) is 0 Å². The quantitative estimate of drug-likeness (QED) is 0.708. The highest BCUT2D eigenvalue weighted by Gasteiger charge is 2.41. The molecule has 0 radical (unpaired) electrons. The normalized spacial score (nSPS) is 11.4. The average Bonchev–Trinajstić information content (AvgIpc) is 2.01. The van der Waals surface area contributed by atoms with Gasteiger partial charge in [0, 0.05) is 6.20 Å². The van der Waals surface area contributed by atoms with Crippen molar-refractivity contribution in [3.05, 3.63) is 23.4 Å². The summed E-state index contributed by atoms with van der Waals surface area (Å²) in [5.41, 5.74) is 4.78. The molecule has 0 aliphatic rings. The van der Waals surface area contributed by atoms with Crippen LogP contribution in [0.3, 0.4) is 0 Å². The summed E-state index contributed by atoms with van der Waals surface area (Å²) in [7, 11) is 0. The molecule has 0 aliphatic heterocycles. The van der Waals surface area contributed by atoms with Crippen molar-refractivity contribution >= 4 is 11.6 Å². The van der Waals surface area contributed by atoms with E-state index in [4.69, 9.17) is 5.73 Å². The number of rotatable bonds is 1. The lowest BCUT2D eigenvalue weighted by Crippen LogP contribution is -2.25. The Kier molecular flexibility index (Phi) is 2.46. The zero-order chi connectivity index (χ0) is 10.9. The molecule has 1 aromatic heterocycles. The average molecular weight is 204 g/mol. The number of pyridine rings is 1. The first-order chi connectivity index (χ1) is 6.34. The number of nitrogen functional groups attached to an aromatic ring is 1. The minimum absolute atomic E-state index is 0.167. The number of alkyl halides is 3. The second-order valence-corrected chi connectivity index (χ2v) is 2.71. The second kappa shape index (κ2) is 3.28. The maximum absolute atomic E-state index is 12.1. The van der Waals surface area contributed by atoms with Crippen molar-refractivity contribution in [3.8, 4) is 0 Å². The Labute approximate surface area is 77.7 Å². The number of Topliss-reactive ketones (excluding diaryl/α,β-unsaturated/α-hetero) is 1. The van der Waals surface area contributed by atoms with Crippen LogP contribution in [0.25, 0.3) is 0 Å². The summed E-state index contributed by atoms with van der Waals surface area (Å²) < 4.78 is 36.2. The van der Waals surface area contributed by atoms with E-state index in [-0.39, 0.29) is 5.56 Å². The van der Waals surface area contributed by atoms with Gasteiger partial charge in [-0.1, -0.05) is 0 Å². The molecule has 1 rings (SSSR count). The van der Waals surface area contributed by atoms with Crippen LogP contribution in [-0.2, 0) is 0 Å². The number of anilines is 1. The van der Waals surface area contributed by atoms with Gasteiger partial charge >= 0.3 is 6.18 Å². The molecule has 0 saturated carbocycles. The van der Waals surface area contributed by atoms with Crippen molar-refractivity contribution in [1.82, 2.24) is 4.98 Å². The zero-order valence-electron chi connectivity index (χ0n) is 7.22. The second-order valence-electron chi connectivity index (χ2n) is 2.71. The maximum atomic E-state index is 12.1. The summed E-state index contributed by atoms with van der Waals surface area (Å²) in [6.45, 7) is 1.37.